The summed E-state index contributed by atoms with van der Waals surface area (Å²) >= 11 is 5.55. The summed E-state index contributed by atoms with van der Waals surface area (Å²) < 4.78 is 2.12. The number of aromatic nitrogens is 3. The Kier molecular flexibility index (Phi) is 7.07. The van der Waals surface area contributed by atoms with Gasteiger partial charge in [-0.2, -0.15) is 0 Å². The molecule has 0 fully saturated rings. The summed E-state index contributed by atoms with van der Waals surface area (Å²) in [7, 11) is 9.75. The van der Waals surface area contributed by atoms with Crippen LogP contribution in [0.15, 0.2) is 85.2 Å². The number of halogens is 3. The van der Waals surface area contributed by atoms with E-state index in [1.54, 1.807) is 6.20 Å². The van der Waals surface area contributed by atoms with E-state index in [0.717, 1.165) is 33.9 Å². The second-order valence-corrected chi connectivity index (χ2v) is 10.1. The van der Waals surface area contributed by atoms with Gasteiger partial charge in [0.15, 0.2) is 0 Å². The number of hydrogen-bond acceptors (Lipinski definition) is 2. The number of pyridine rings is 2. The number of imidazole rings is 1. The quantitative estimate of drug-likeness (QED) is 0.194. The third kappa shape index (κ3) is 4.40. The molecule has 0 radical (unpaired) electrons. The van der Waals surface area contributed by atoms with Gasteiger partial charge in [0.2, 0.25) is 0 Å². The molecule has 0 N–H and O–H groups in total. The summed E-state index contributed by atoms with van der Waals surface area (Å²) in [5.41, 5.74) is 5.80. The molecule has 7 heteroatoms. The average Bonchev–Trinajstić information content (AvgIpc) is 3.18. The summed E-state index contributed by atoms with van der Waals surface area (Å²) in [4.78, 5) is 9.42. The van der Waals surface area contributed by atoms with E-state index in [2.05, 4.69) is 51.8 Å². The summed E-state index contributed by atoms with van der Waals surface area (Å²) in [6.45, 7) is 0. The van der Waals surface area contributed by atoms with Gasteiger partial charge in [-0.05, 0) is 46.7 Å². The zero-order valence-corrected chi connectivity index (χ0v) is 20.1. The Morgan fingerprint density at radius 2 is 1.63 bits per heavy atom. The van der Waals surface area contributed by atoms with Gasteiger partial charge in [0, 0.05) is 23.8 Å². The summed E-state index contributed by atoms with van der Waals surface area (Å²) in [5.74, 6) is 0.466. The van der Waals surface area contributed by atoms with Crippen LogP contribution in [0.1, 0.15) is 5.56 Å². The van der Waals surface area contributed by atoms with Gasteiger partial charge in [-0.15, -0.1) is 11.6 Å². The summed E-state index contributed by atoms with van der Waals surface area (Å²) in [6, 6.07) is 24.9. The molecular formula is C23H16Cl3N3Pt. The van der Waals surface area contributed by atoms with Crippen molar-refractivity contribution in [3.05, 3.63) is 90.8 Å². The Morgan fingerprint density at radius 1 is 0.867 bits per heavy atom. The Hall–Kier alpha value is -1.90. The molecule has 0 amide bonds. The fourth-order valence-corrected chi connectivity index (χ4v) is 3.63. The van der Waals surface area contributed by atoms with Crippen LogP contribution in [0.5, 0.6) is 0 Å². The van der Waals surface area contributed by atoms with E-state index in [9.17, 15) is 0 Å². The van der Waals surface area contributed by atoms with Gasteiger partial charge in [-0.3, -0.25) is 9.38 Å². The fraction of sp³-hybridized carbons (Fsp3) is 0.0435. The standard InChI is InChI=1S/C23H16ClN3.2ClH.Pt/c24-15-16-10-12-27-21(13-16)26-22(20-7-3-4-11-25-20)23(27)19-9-8-17-5-1-2-6-18(17)14-19;;;/h1-14H,15H2;2*1H;/q;;;+2/p-2. The Bertz CT molecular complexity index is 1290. The van der Waals surface area contributed by atoms with Crippen molar-refractivity contribution in [3.8, 4) is 22.6 Å². The number of hydrogen-bond donors (Lipinski definition) is 0. The first-order valence-corrected chi connectivity index (χ1v) is 15.2. The molecule has 0 saturated carbocycles. The molecule has 3 heterocycles. The van der Waals surface area contributed by atoms with Crippen molar-refractivity contribution in [3.63, 3.8) is 0 Å². The molecule has 3 nitrogen and oxygen atoms in total. The van der Waals surface area contributed by atoms with Crippen LogP contribution in [-0.2, 0) is 22.4 Å². The van der Waals surface area contributed by atoms with Crippen molar-refractivity contribution in [2.45, 2.75) is 5.88 Å². The maximum absolute atomic E-state index is 6.02. The number of alkyl halides is 1. The predicted octanol–water partition coefficient (Wildman–Crippen LogP) is 7.33. The van der Waals surface area contributed by atoms with Gasteiger partial charge in [0.1, 0.15) is 11.3 Å². The van der Waals surface area contributed by atoms with Gasteiger partial charge < -0.3 is 0 Å². The van der Waals surface area contributed by atoms with Crippen LogP contribution in [0, 0.1) is 0 Å². The van der Waals surface area contributed by atoms with Crippen molar-refractivity contribution in [2.24, 2.45) is 0 Å². The molecule has 0 unspecified atom stereocenters. The van der Waals surface area contributed by atoms with Crippen LogP contribution in [0.25, 0.3) is 39.1 Å². The van der Waals surface area contributed by atoms with Crippen LogP contribution in [0.3, 0.4) is 0 Å². The Labute approximate surface area is 196 Å². The molecule has 0 aliphatic heterocycles. The van der Waals surface area contributed by atoms with E-state index in [0.29, 0.717) is 5.88 Å². The second kappa shape index (κ2) is 9.94. The van der Waals surface area contributed by atoms with Crippen molar-refractivity contribution in [1.82, 2.24) is 14.4 Å². The third-order valence-electron chi connectivity index (χ3n) is 4.78. The molecule has 154 valence electrons. The molecule has 0 bridgehead atoms. The maximum atomic E-state index is 6.02. The monoisotopic (exact) mass is 634 g/mol. The van der Waals surface area contributed by atoms with E-state index in [-0.39, 0.29) is 0 Å². The molecular weight excluding hydrogens is 620 g/mol. The van der Waals surface area contributed by atoms with Gasteiger partial charge >= 0.3 is 35.3 Å². The average molecular weight is 636 g/mol. The topological polar surface area (TPSA) is 30.2 Å². The van der Waals surface area contributed by atoms with Crippen molar-refractivity contribution < 1.29 is 16.5 Å². The van der Waals surface area contributed by atoms with Gasteiger partial charge in [-0.25, -0.2) is 4.98 Å². The third-order valence-corrected chi connectivity index (χ3v) is 5.08. The first-order chi connectivity index (χ1) is 14.7. The molecule has 0 aliphatic rings. The van der Waals surface area contributed by atoms with Crippen molar-refractivity contribution in [2.75, 3.05) is 0 Å². The van der Waals surface area contributed by atoms with Crippen molar-refractivity contribution in [1.29, 1.82) is 0 Å². The van der Waals surface area contributed by atoms with Crippen LogP contribution in [0.4, 0.5) is 0 Å². The van der Waals surface area contributed by atoms with Gasteiger partial charge in [-0.1, -0.05) is 42.5 Å². The number of nitrogens with zero attached hydrogens (tertiary/aromatic N) is 3. The number of fused-ring (bicyclic) bond motifs is 2. The van der Waals surface area contributed by atoms with E-state index in [1.165, 1.54) is 10.8 Å². The zero-order valence-electron chi connectivity index (χ0n) is 15.6. The molecule has 5 rings (SSSR count). The number of benzene rings is 2. The molecule has 3 aromatic heterocycles. The summed E-state index contributed by atoms with van der Waals surface area (Å²) in [6.07, 6.45) is 3.84. The Balaban J connectivity index is 0.000000687. The Morgan fingerprint density at radius 3 is 2.37 bits per heavy atom. The molecule has 0 spiro atoms. The molecule has 0 aliphatic carbocycles. The van der Waals surface area contributed by atoms with Crippen LogP contribution < -0.4 is 0 Å². The molecule has 2 aromatic carbocycles. The van der Waals surface area contributed by atoms with E-state index >= 15 is 0 Å². The van der Waals surface area contributed by atoms with Crippen LogP contribution in [0.2, 0.25) is 0 Å². The van der Waals surface area contributed by atoms with Gasteiger partial charge in [0.25, 0.3) is 0 Å². The number of rotatable bonds is 3. The minimum absolute atomic E-state index is 0.466. The first kappa shape index (κ1) is 21.3. The molecule has 5 aromatic rings. The predicted molar refractivity (Wildman–Crippen MR) is 123 cm³/mol. The molecule has 0 atom stereocenters. The van der Waals surface area contributed by atoms with E-state index in [1.807, 2.05) is 36.5 Å². The van der Waals surface area contributed by atoms with E-state index in [4.69, 9.17) is 35.4 Å². The van der Waals surface area contributed by atoms with Crippen LogP contribution >= 0.6 is 30.4 Å². The molecule has 0 saturated heterocycles. The fourth-order valence-electron chi connectivity index (χ4n) is 3.46. The summed E-state index contributed by atoms with van der Waals surface area (Å²) in [5, 5.41) is 2.42. The van der Waals surface area contributed by atoms with Gasteiger partial charge in [0.05, 0.1) is 11.4 Å². The van der Waals surface area contributed by atoms with Crippen molar-refractivity contribution >= 4 is 46.9 Å². The normalized spacial score (nSPS) is 10.9. The van der Waals surface area contributed by atoms with E-state index < -0.39 is 16.5 Å². The zero-order chi connectivity index (χ0) is 20.9. The SMILES string of the molecule is ClCc1ccn2c(-c3ccc4ccccc4c3)c(-c3ccccn3)nc2c1.[Cl][Pt][Cl]. The van der Waals surface area contributed by atoms with Crippen LogP contribution in [-0.4, -0.2) is 14.4 Å². The second-order valence-electron chi connectivity index (χ2n) is 6.53. The molecule has 30 heavy (non-hydrogen) atoms. The minimum atomic E-state index is -0.472. The first-order valence-electron chi connectivity index (χ1n) is 9.05.